The Bertz CT molecular complexity index is 508. The molecule has 0 bridgehead atoms. The summed E-state index contributed by atoms with van der Waals surface area (Å²) in [6.07, 6.45) is 10.8. The average molecular weight is 332 g/mol. The third-order valence-corrected chi connectivity index (χ3v) is 5.32. The van der Waals surface area contributed by atoms with Crippen LogP contribution in [-0.2, 0) is 4.74 Å². The first kappa shape index (κ1) is 17.6. The summed E-state index contributed by atoms with van der Waals surface area (Å²) in [7, 11) is 0. The number of hydrogen-bond acceptors (Lipinski definition) is 5. The minimum Gasteiger partial charge on any atom is -0.381 e. The van der Waals surface area contributed by atoms with Gasteiger partial charge in [0.1, 0.15) is 0 Å². The second kappa shape index (κ2) is 8.77. The van der Waals surface area contributed by atoms with Crippen LogP contribution in [0, 0.1) is 6.92 Å². The van der Waals surface area contributed by atoms with Crippen molar-refractivity contribution in [1.29, 1.82) is 0 Å². The third kappa shape index (κ3) is 4.67. The van der Waals surface area contributed by atoms with Gasteiger partial charge in [0, 0.05) is 55.8 Å². The molecule has 1 atom stereocenters. The van der Waals surface area contributed by atoms with Gasteiger partial charge in [-0.1, -0.05) is 19.3 Å². The second-order valence-corrected chi connectivity index (χ2v) is 7.24. The number of hydrogen-bond donors (Lipinski definition) is 1. The maximum atomic E-state index is 5.44. The third-order valence-electron chi connectivity index (χ3n) is 5.32. The van der Waals surface area contributed by atoms with Gasteiger partial charge in [-0.2, -0.15) is 0 Å². The fraction of sp³-hybridized carbons (Fsp3) is 0.789. The van der Waals surface area contributed by atoms with Gasteiger partial charge in [0.15, 0.2) is 0 Å². The largest absolute Gasteiger partial charge is 0.381 e. The first-order chi connectivity index (χ1) is 11.7. The smallest absolute Gasteiger partial charge is 0.225 e. The molecule has 1 unspecified atom stereocenters. The molecule has 2 aliphatic rings. The number of ether oxygens (including phenoxy) is 1. The highest BCUT2D eigenvalue weighted by Crippen LogP contribution is 2.21. The van der Waals surface area contributed by atoms with E-state index in [1.54, 1.807) is 0 Å². The van der Waals surface area contributed by atoms with E-state index in [1.807, 2.05) is 6.20 Å². The van der Waals surface area contributed by atoms with E-state index in [-0.39, 0.29) is 6.04 Å². The van der Waals surface area contributed by atoms with E-state index in [0.717, 1.165) is 50.8 Å². The summed E-state index contributed by atoms with van der Waals surface area (Å²) >= 11 is 0. The minimum absolute atomic E-state index is 0.287. The lowest BCUT2D eigenvalue weighted by atomic mass is 10.0. The molecule has 0 radical (unpaired) electrons. The van der Waals surface area contributed by atoms with E-state index in [4.69, 9.17) is 14.7 Å². The van der Waals surface area contributed by atoms with Crippen LogP contribution in [0.5, 0.6) is 0 Å². The Labute approximate surface area is 146 Å². The van der Waals surface area contributed by atoms with Gasteiger partial charge in [0.05, 0.1) is 0 Å². The molecule has 24 heavy (non-hydrogen) atoms. The Kier molecular flexibility index (Phi) is 6.44. The van der Waals surface area contributed by atoms with Gasteiger partial charge < -0.3 is 15.0 Å². The zero-order valence-corrected chi connectivity index (χ0v) is 15.3. The van der Waals surface area contributed by atoms with Crippen LogP contribution < -0.4 is 10.2 Å². The lowest BCUT2D eigenvalue weighted by molar-refractivity contribution is 0.0754. The van der Waals surface area contributed by atoms with Gasteiger partial charge in [-0.3, -0.25) is 0 Å². The van der Waals surface area contributed by atoms with Crippen molar-refractivity contribution in [2.24, 2.45) is 0 Å². The average Bonchev–Trinajstić information content (AvgIpc) is 2.55. The van der Waals surface area contributed by atoms with Crippen molar-refractivity contribution < 1.29 is 4.74 Å². The van der Waals surface area contributed by atoms with E-state index in [1.165, 1.54) is 37.7 Å². The SMILES string of the molecule is Cc1nc(N2CCCCCCC2)ncc1C(C)NC1CCOCC1. The van der Waals surface area contributed by atoms with Gasteiger partial charge in [-0.05, 0) is 39.5 Å². The highest BCUT2D eigenvalue weighted by molar-refractivity contribution is 5.34. The van der Waals surface area contributed by atoms with Gasteiger partial charge >= 0.3 is 0 Å². The maximum absolute atomic E-state index is 5.44. The van der Waals surface area contributed by atoms with Crippen LogP contribution in [0.25, 0.3) is 0 Å². The Balaban J connectivity index is 1.64. The van der Waals surface area contributed by atoms with Crippen LogP contribution in [0.15, 0.2) is 6.20 Å². The van der Waals surface area contributed by atoms with Crippen molar-refractivity contribution in [2.75, 3.05) is 31.2 Å². The van der Waals surface area contributed by atoms with Crippen molar-refractivity contribution in [3.05, 3.63) is 17.5 Å². The van der Waals surface area contributed by atoms with Crippen LogP contribution >= 0.6 is 0 Å². The van der Waals surface area contributed by atoms with Crippen LogP contribution in [0.1, 0.15) is 69.2 Å². The second-order valence-electron chi connectivity index (χ2n) is 7.24. The summed E-state index contributed by atoms with van der Waals surface area (Å²) in [5.41, 5.74) is 2.33. The molecule has 1 aromatic heterocycles. The highest BCUT2D eigenvalue weighted by Gasteiger charge is 2.19. The van der Waals surface area contributed by atoms with Gasteiger partial charge in [-0.25, -0.2) is 9.97 Å². The molecule has 3 heterocycles. The molecule has 2 fully saturated rings. The fourth-order valence-electron chi connectivity index (χ4n) is 3.80. The van der Waals surface area contributed by atoms with Crippen LogP contribution in [-0.4, -0.2) is 42.3 Å². The molecule has 0 amide bonds. The Morgan fingerprint density at radius 3 is 2.46 bits per heavy atom. The van der Waals surface area contributed by atoms with Crippen LogP contribution in [0.2, 0.25) is 0 Å². The fourth-order valence-corrected chi connectivity index (χ4v) is 3.80. The molecule has 0 saturated carbocycles. The molecule has 1 N–H and O–H groups in total. The van der Waals surface area contributed by atoms with Crippen LogP contribution in [0.3, 0.4) is 0 Å². The van der Waals surface area contributed by atoms with E-state index in [0.29, 0.717) is 6.04 Å². The molecule has 3 rings (SSSR count). The number of aryl methyl sites for hydroxylation is 1. The Hall–Kier alpha value is -1.20. The highest BCUT2D eigenvalue weighted by atomic mass is 16.5. The predicted molar refractivity (Wildman–Crippen MR) is 97.5 cm³/mol. The lowest BCUT2D eigenvalue weighted by Gasteiger charge is -2.28. The van der Waals surface area contributed by atoms with Crippen molar-refractivity contribution in [3.63, 3.8) is 0 Å². The van der Waals surface area contributed by atoms with Crippen molar-refractivity contribution in [1.82, 2.24) is 15.3 Å². The number of nitrogens with one attached hydrogen (secondary N) is 1. The first-order valence-corrected chi connectivity index (χ1v) is 9.66. The molecule has 2 saturated heterocycles. The van der Waals surface area contributed by atoms with Crippen molar-refractivity contribution in [2.45, 2.75) is 70.9 Å². The van der Waals surface area contributed by atoms with E-state index in [2.05, 4.69) is 24.1 Å². The number of anilines is 1. The molecule has 1 aromatic rings. The zero-order chi connectivity index (χ0) is 16.8. The monoisotopic (exact) mass is 332 g/mol. The Morgan fingerprint density at radius 1 is 1.12 bits per heavy atom. The maximum Gasteiger partial charge on any atom is 0.225 e. The summed E-state index contributed by atoms with van der Waals surface area (Å²) in [6.45, 7) is 8.26. The summed E-state index contributed by atoms with van der Waals surface area (Å²) in [6, 6.07) is 0.830. The molecular formula is C19H32N4O. The number of aromatic nitrogens is 2. The summed E-state index contributed by atoms with van der Waals surface area (Å²) < 4.78 is 5.44. The topological polar surface area (TPSA) is 50.3 Å². The summed E-state index contributed by atoms with van der Waals surface area (Å²) in [5.74, 6) is 0.913. The molecule has 0 spiro atoms. The van der Waals surface area contributed by atoms with E-state index < -0.39 is 0 Å². The molecule has 5 nitrogen and oxygen atoms in total. The lowest BCUT2D eigenvalue weighted by Crippen LogP contribution is -2.37. The molecule has 0 aromatic carbocycles. The van der Waals surface area contributed by atoms with Gasteiger partial charge in [0.25, 0.3) is 0 Å². The van der Waals surface area contributed by atoms with E-state index >= 15 is 0 Å². The van der Waals surface area contributed by atoms with Crippen molar-refractivity contribution in [3.8, 4) is 0 Å². The minimum atomic E-state index is 0.287. The molecule has 2 aliphatic heterocycles. The molecule has 134 valence electrons. The van der Waals surface area contributed by atoms with E-state index in [9.17, 15) is 0 Å². The standard InChI is InChI=1S/C19H32N4O/c1-15(21-17-8-12-24-13-9-17)18-14-20-19(22-16(18)2)23-10-6-4-3-5-7-11-23/h14-15,17,21H,3-13H2,1-2H3. The molecular weight excluding hydrogens is 300 g/mol. The molecule has 0 aliphatic carbocycles. The quantitative estimate of drug-likeness (QED) is 0.916. The summed E-state index contributed by atoms with van der Waals surface area (Å²) in [4.78, 5) is 11.9. The number of nitrogens with zero attached hydrogens (tertiary/aromatic N) is 3. The zero-order valence-electron chi connectivity index (χ0n) is 15.3. The van der Waals surface area contributed by atoms with Crippen LogP contribution in [0.4, 0.5) is 5.95 Å². The molecule has 5 heteroatoms. The number of rotatable bonds is 4. The first-order valence-electron chi connectivity index (χ1n) is 9.66. The van der Waals surface area contributed by atoms with Gasteiger partial charge in [-0.15, -0.1) is 0 Å². The predicted octanol–water partition coefficient (Wildman–Crippen LogP) is 3.39. The Morgan fingerprint density at radius 2 is 1.79 bits per heavy atom. The summed E-state index contributed by atoms with van der Waals surface area (Å²) in [5, 5.41) is 3.72. The van der Waals surface area contributed by atoms with Gasteiger partial charge in [0.2, 0.25) is 5.95 Å². The normalized spacial score (nSPS) is 22.0. The van der Waals surface area contributed by atoms with Crippen molar-refractivity contribution >= 4 is 5.95 Å².